The molecule has 0 amide bonds. The SMILES string of the molecule is CC[C@H](C)C(=O)OC[C@H]1O[C@@H](n2ccc(NO)nc2=O)[C@@H]2OC(=O)C(=O)O[C@@H]21. The Morgan fingerprint density at radius 3 is 2.61 bits per heavy atom. The van der Waals surface area contributed by atoms with Gasteiger partial charge in [-0.2, -0.15) is 4.98 Å². The van der Waals surface area contributed by atoms with Crippen LogP contribution >= 0.6 is 0 Å². The molecule has 5 atom stereocenters. The van der Waals surface area contributed by atoms with Gasteiger partial charge in [0.05, 0.1) is 5.92 Å². The first-order chi connectivity index (χ1) is 13.3. The van der Waals surface area contributed by atoms with Gasteiger partial charge in [0.2, 0.25) is 0 Å². The number of carbonyl (C=O) groups excluding carboxylic acids is 3. The first-order valence-corrected chi connectivity index (χ1v) is 8.58. The Bertz CT molecular complexity index is 839. The molecule has 2 aliphatic heterocycles. The molecule has 152 valence electrons. The van der Waals surface area contributed by atoms with Crippen LogP contribution in [0.3, 0.4) is 0 Å². The molecule has 0 aromatic carbocycles. The standard InChI is InChI=1S/C16H19N3O9/c1-3-7(2)13(20)25-6-8-10-11(28-15(22)14(21)27-10)12(26-8)19-5-4-9(18-24)17-16(19)23/h4-5,7-8,10-12,24H,3,6H2,1-2H3,(H,17,18,23)/t7-,8+,10+,11+,12+/m0/s1. The third-order valence-electron chi connectivity index (χ3n) is 4.56. The smallest absolute Gasteiger partial charge is 0.418 e. The number of carbonyl (C=O) groups is 3. The summed E-state index contributed by atoms with van der Waals surface area (Å²) in [4.78, 5) is 50.9. The number of aromatic nitrogens is 2. The van der Waals surface area contributed by atoms with Crippen molar-refractivity contribution < 1.29 is 38.5 Å². The van der Waals surface area contributed by atoms with E-state index in [0.29, 0.717) is 6.42 Å². The van der Waals surface area contributed by atoms with Crippen molar-refractivity contribution in [3.05, 3.63) is 22.7 Å². The normalized spacial score (nSPS) is 27.4. The lowest BCUT2D eigenvalue weighted by atomic mass is 10.1. The van der Waals surface area contributed by atoms with E-state index in [1.165, 1.54) is 12.3 Å². The fraction of sp³-hybridized carbons (Fsp3) is 0.562. The number of hydrogen-bond acceptors (Lipinski definition) is 11. The second-order valence-electron chi connectivity index (χ2n) is 6.36. The largest absolute Gasteiger partial charge is 0.463 e. The third kappa shape index (κ3) is 3.68. The van der Waals surface area contributed by atoms with Gasteiger partial charge < -0.3 is 18.9 Å². The van der Waals surface area contributed by atoms with Crippen molar-refractivity contribution >= 4 is 23.7 Å². The molecule has 2 aliphatic rings. The zero-order valence-corrected chi connectivity index (χ0v) is 15.1. The minimum Gasteiger partial charge on any atom is -0.463 e. The molecule has 28 heavy (non-hydrogen) atoms. The minimum absolute atomic E-state index is 0.0955. The molecule has 1 aromatic rings. The van der Waals surface area contributed by atoms with Crippen LogP contribution in [0.4, 0.5) is 5.82 Å². The van der Waals surface area contributed by atoms with Gasteiger partial charge in [0.15, 0.2) is 24.3 Å². The zero-order chi connectivity index (χ0) is 20.4. The van der Waals surface area contributed by atoms with Gasteiger partial charge in [-0.3, -0.25) is 20.0 Å². The zero-order valence-electron chi connectivity index (χ0n) is 15.1. The van der Waals surface area contributed by atoms with Gasteiger partial charge in [-0.15, -0.1) is 0 Å². The highest BCUT2D eigenvalue weighted by Gasteiger charge is 2.55. The van der Waals surface area contributed by atoms with Gasteiger partial charge in [0.1, 0.15) is 12.7 Å². The van der Waals surface area contributed by atoms with Gasteiger partial charge >= 0.3 is 23.6 Å². The van der Waals surface area contributed by atoms with E-state index in [1.54, 1.807) is 12.4 Å². The van der Waals surface area contributed by atoms with Crippen LogP contribution in [-0.4, -0.2) is 57.6 Å². The van der Waals surface area contributed by atoms with Crippen molar-refractivity contribution in [3.63, 3.8) is 0 Å². The van der Waals surface area contributed by atoms with Crippen LogP contribution in [0, 0.1) is 5.92 Å². The number of nitrogens with one attached hydrogen (secondary N) is 1. The molecule has 0 unspecified atom stereocenters. The number of nitrogens with zero attached hydrogens (tertiary/aromatic N) is 2. The molecule has 12 heteroatoms. The molecule has 2 saturated heterocycles. The fourth-order valence-corrected chi connectivity index (χ4v) is 2.82. The van der Waals surface area contributed by atoms with Crippen LogP contribution < -0.4 is 11.2 Å². The fourth-order valence-electron chi connectivity index (χ4n) is 2.82. The molecule has 3 heterocycles. The van der Waals surface area contributed by atoms with Gasteiger partial charge in [0, 0.05) is 6.20 Å². The predicted octanol–water partition coefficient (Wildman–Crippen LogP) is -0.632. The summed E-state index contributed by atoms with van der Waals surface area (Å²) >= 11 is 0. The maximum Gasteiger partial charge on any atom is 0.418 e. The number of anilines is 1. The summed E-state index contributed by atoms with van der Waals surface area (Å²) in [6.45, 7) is 3.27. The van der Waals surface area contributed by atoms with Gasteiger partial charge in [0.25, 0.3) is 0 Å². The lowest BCUT2D eigenvalue weighted by Gasteiger charge is -2.28. The molecular weight excluding hydrogens is 378 g/mol. The second-order valence-corrected chi connectivity index (χ2v) is 6.36. The Labute approximate surface area is 158 Å². The van der Waals surface area contributed by atoms with Crippen molar-refractivity contribution in [1.82, 2.24) is 9.55 Å². The Balaban J connectivity index is 1.83. The number of ether oxygens (including phenoxy) is 4. The lowest BCUT2D eigenvalue weighted by Crippen LogP contribution is -2.49. The third-order valence-corrected chi connectivity index (χ3v) is 4.56. The van der Waals surface area contributed by atoms with Crippen molar-refractivity contribution in [1.29, 1.82) is 0 Å². The molecule has 12 nitrogen and oxygen atoms in total. The van der Waals surface area contributed by atoms with Gasteiger partial charge in [-0.1, -0.05) is 13.8 Å². The van der Waals surface area contributed by atoms with E-state index in [4.69, 9.17) is 24.2 Å². The Hall–Kier alpha value is -2.99. The summed E-state index contributed by atoms with van der Waals surface area (Å²) in [5.41, 5.74) is 0.923. The maximum absolute atomic E-state index is 12.2. The monoisotopic (exact) mass is 397 g/mol. The molecule has 1 aromatic heterocycles. The summed E-state index contributed by atoms with van der Waals surface area (Å²) in [6.07, 6.45) is -2.48. The van der Waals surface area contributed by atoms with E-state index in [0.717, 1.165) is 4.57 Å². The van der Waals surface area contributed by atoms with Crippen LogP contribution in [0.2, 0.25) is 0 Å². The Kier molecular flexibility index (Phi) is 5.61. The van der Waals surface area contributed by atoms with E-state index < -0.39 is 48.1 Å². The molecule has 0 bridgehead atoms. The van der Waals surface area contributed by atoms with Crippen LogP contribution in [-0.2, 0) is 33.3 Å². The average Bonchev–Trinajstić information content (AvgIpc) is 3.02. The number of fused-ring (bicyclic) bond motifs is 1. The van der Waals surface area contributed by atoms with E-state index in [-0.39, 0.29) is 18.3 Å². The molecular formula is C16H19N3O9. The average molecular weight is 397 g/mol. The summed E-state index contributed by atoms with van der Waals surface area (Å²) < 4.78 is 22.1. The Morgan fingerprint density at radius 2 is 2.00 bits per heavy atom. The maximum atomic E-state index is 12.2. The highest BCUT2D eigenvalue weighted by atomic mass is 16.7. The first kappa shape index (κ1) is 19.8. The van der Waals surface area contributed by atoms with Crippen molar-refractivity contribution in [2.24, 2.45) is 5.92 Å². The molecule has 2 fully saturated rings. The first-order valence-electron chi connectivity index (χ1n) is 8.58. The van der Waals surface area contributed by atoms with E-state index >= 15 is 0 Å². The van der Waals surface area contributed by atoms with Gasteiger partial charge in [-0.25, -0.2) is 14.4 Å². The molecule has 0 aliphatic carbocycles. The Morgan fingerprint density at radius 1 is 1.32 bits per heavy atom. The minimum atomic E-state index is -1.22. The highest BCUT2D eigenvalue weighted by Crippen LogP contribution is 2.35. The van der Waals surface area contributed by atoms with Crippen LogP contribution in [0.15, 0.2) is 17.1 Å². The molecule has 0 spiro atoms. The van der Waals surface area contributed by atoms with Crippen molar-refractivity contribution in [2.75, 3.05) is 12.1 Å². The van der Waals surface area contributed by atoms with E-state index in [1.807, 2.05) is 6.92 Å². The second kappa shape index (κ2) is 7.94. The van der Waals surface area contributed by atoms with Crippen LogP contribution in [0.25, 0.3) is 0 Å². The number of rotatable bonds is 6. The summed E-state index contributed by atoms with van der Waals surface area (Å²) in [7, 11) is 0. The van der Waals surface area contributed by atoms with E-state index in [2.05, 4.69) is 4.98 Å². The lowest BCUT2D eigenvalue weighted by molar-refractivity contribution is -0.195. The molecule has 3 rings (SSSR count). The molecule has 2 N–H and O–H groups in total. The number of hydrogen-bond donors (Lipinski definition) is 2. The summed E-state index contributed by atoms with van der Waals surface area (Å²) in [6, 6.07) is 1.28. The van der Waals surface area contributed by atoms with Crippen LogP contribution in [0.1, 0.15) is 26.5 Å². The van der Waals surface area contributed by atoms with Crippen LogP contribution in [0.5, 0.6) is 0 Å². The van der Waals surface area contributed by atoms with Crippen molar-refractivity contribution in [3.8, 4) is 0 Å². The molecule has 0 saturated carbocycles. The highest BCUT2D eigenvalue weighted by molar-refractivity contribution is 6.30. The summed E-state index contributed by atoms with van der Waals surface area (Å²) in [5, 5.41) is 8.83. The van der Waals surface area contributed by atoms with Gasteiger partial charge in [-0.05, 0) is 12.5 Å². The molecule has 0 radical (unpaired) electrons. The number of esters is 3. The summed E-state index contributed by atoms with van der Waals surface area (Å²) in [5.74, 6) is -3.30. The van der Waals surface area contributed by atoms with Crippen molar-refractivity contribution in [2.45, 2.75) is 44.8 Å². The topological polar surface area (TPSA) is 155 Å². The predicted molar refractivity (Wildman–Crippen MR) is 88.0 cm³/mol. The quantitative estimate of drug-likeness (QED) is 0.273. The van der Waals surface area contributed by atoms with E-state index in [9.17, 15) is 19.2 Å².